The third-order valence-electron chi connectivity index (χ3n) is 7.48. The van der Waals surface area contributed by atoms with E-state index in [0.29, 0.717) is 28.4 Å². The van der Waals surface area contributed by atoms with E-state index >= 15 is 0 Å². The maximum atomic E-state index is 13.1. The Labute approximate surface area is 184 Å². The summed E-state index contributed by atoms with van der Waals surface area (Å²) in [7, 11) is 0. The molecule has 3 aliphatic rings. The topological polar surface area (TPSA) is 45.5 Å². The van der Waals surface area contributed by atoms with E-state index in [2.05, 4.69) is 20.3 Å². The minimum absolute atomic E-state index is 0.396. The summed E-state index contributed by atoms with van der Waals surface area (Å²) in [5.41, 5.74) is 1.41. The SMILES string of the molecule is FC(F)(F)c1cccc(-c2cnc3ccc(NC4CC5(CCN(C6CC6)CC5)C4)nn23)c1. The molecule has 0 unspecified atom stereocenters. The summed E-state index contributed by atoms with van der Waals surface area (Å²) in [6.07, 6.45) is 4.85. The molecular weight excluding hydrogens is 415 g/mol. The van der Waals surface area contributed by atoms with Crippen molar-refractivity contribution in [2.45, 2.75) is 56.8 Å². The number of fused-ring (bicyclic) bond motifs is 1. The number of halogens is 3. The van der Waals surface area contributed by atoms with Crippen molar-refractivity contribution in [3.63, 3.8) is 0 Å². The van der Waals surface area contributed by atoms with Gasteiger partial charge in [-0.25, -0.2) is 9.50 Å². The van der Waals surface area contributed by atoms with Gasteiger partial charge in [-0.05, 0) is 81.3 Å². The molecule has 3 aromatic rings. The van der Waals surface area contributed by atoms with Crippen LogP contribution in [-0.2, 0) is 6.18 Å². The molecule has 2 saturated carbocycles. The Kier molecular flexibility index (Phi) is 4.51. The predicted molar refractivity (Wildman–Crippen MR) is 116 cm³/mol. The average molecular weight is 442 g/mol. The quantitative estimate of drug-likeness (QED) is 0.602. The van der Waals surface area contributed by atoms with Crippen LogP contribution < -0.4 is 5.32 Å². The molecule has 6 rings (SSSR count). The number of anilines is 1. The number of piperidine rings is 1. The molecule has 0 bridgehead atoms. The van der Waals surface area contributed by atoms with Crippen LogP contribution in [0.1, 0.15) is 44.1 Å². The molecule has 1 N–H and O–H groups in total. The van der Waals surface area contributed by atoms with Gasteiger partial charge in [-0.15, -0.1) is 5.10 Å². The van der Waals surface area contributed by atoms with Gasteiger partial charge >= 0.3 is 6.18 Å². The summed E-state index contributed by atoms with van der Waals surface area (Å²) in [4.78, 5) is 6.99. The van der Waals surface area contributed by atoms with Gasteiger partial charge in [0.25, 0.3) is 0 Å². The summed E-state index contributed by atoms with van der Waals surface area (Å²) < 4.78 is 41.0. The van der Waals surface area contributed by atoms with Crippen LogP contribution >= 0.6 is 0 Å². The number of likely N-dealkylation sites (tertiary alicyclic amines) is 1. The lowest BCUT2D eigenvalue weighted by molar-refractivity contribution is -0.137. The Balaban J connectivity index is 1.17. The minimum atomic E-state index is -4.38. The zero-order chi connectivity index (χ0) is 21.9. The first-order valence-corrected chi connectivity index (χ1v) is 11.4. The number of nitrogens with one attached hydrogen (secondary N) is 1. The van der Waals surface area contributed by atoms with Crippen LogP contribution in [0.3, 0.4) is 0 Å². The molecule has 8 heteroatoms. The molecule has 1 aromatic carbocycles. The van der Waals surface area contributed by atoms with Gasteiger partial charge in [0.1, 0.15) is 5.82 Å². The monoisotopic (exact) mass is 441 g/mol. The van der Waals surface area contributed by atoms with E-state index in [-0.39, 0.29) is 0 Å². The van der Waals surface area contributed by atoms with Gasteiger partial charge in [0.2, 0.25) is 0 Å². The zero-order valence-corrected chi connectivity index (χ0v) is 17.8. The largest absolute Gasteiger partial charge is 0.416 e. The van der Waals surface area contributed by atoms with E-state index < -0.39 is 11.7 Å². The van der Waals surface area contributed by atoms with E-state index in [9.17, 15) is 13.2 Å². The lowest BCUT2D eigenvalue weighted by Crippen LogP contribution is -2.51. The maximum Gasteiger partial charge on any atom is 0.416 e. The Bertz CT molecular complexity index is 1130. The van der Waals surface area contributed by atoms with Crippen molar-refractivity contribution in [3.05, 3.63) is 48.2 Å². The van der Waals surface area contributed by atoms with Crippen LogP contribution in [0.4, 0.5) is 19.0 Å². The first-order valence-electron chi connectivity index (χ1n) is 11.4. The highest BCUT2D eigenvalue weighted by atomic mass is 19.4. The smallest absolute Gasteiger partial charge is 0.366 e. The maximum absolute atomic E-state index is 13.1. The summed E-state index contributed by atoms with van der Waals surface area (Å²) in [6, 6.07) is 10.3. The van der Waals surface area contributed by atoms with E-state index in [1.54, 1.807) is 16.8 Å². The minimum Gasteiger partial charge on any atom is -0.366 e. The van der Waals surface area contributed by atoms with Crippen molar-refractivity contribution in [3.8, 4) is 11.3 Å². The van der Waals surface area contributed by atoms with Crippen LogP contribution in [0.5, 0.6) is 0 Å². The molecule has 3 heterocycles. The molecule has 168 valence electrons. The van der Waals surface area contributed by atoms with Crippen LogP contribution in [-0.4, -0.2) is 44.7 Å². The second-order valence-electron chi connectivity index (χ2n) is 9.73. The Morgan fingerprint density at radius 3 is 2.53 bits per heavy atom. The third-order valence-corrected chi connectivity index (χ3v) is 7.48. The van der Waals surface area contributed by atoms with Crippen molar-refractivity contribution in [2.24, 2.45) is 5.41 Å². The van der Waals surface area contributed by atoms with Crippen LogP contribution in [0.2, 0.25) is 0 Å². The van der Waals surface area contributed by atoms with Crippen LogP contribution in [0, 0.1) is 5.41 Å². The lowest BCUT2D eigenvalue weighted by Gasteiger charge is -2.52. The van der Waals surface area contributed by atoms with Crippen molar-refractivity contribution >= 4 is 11.5 Å². The van der Waals surface area contributed by atoms with Crippen molar-refractivity contribution in [1.29, 1.82) is 0 Å². The van der Waals surface area contributed by atoms with E-state index in [1.807, 2.05) is 12.1 Å². The van der Waals surface area contributed by atoms with E-state index in [4.69, 9.17) is 0 Å². The molecule has 0 atom stereocenters. The number of aromatic nitrogens is 3. The molecule has 32 heavy (non-hydrogen) atoms. The van der Waals surface area contributed by atoms with Crippen molar-refractivity contribution in [2.75, 3.05) is 18.4 Å². The molecule has 2 aliphatic carbocycles. The number of rotatable bonds is 4. The van der Waals surface area contributed by atoms with Crippen molar-refractivity contribution < 1.29 is 13.2 Å². The molecule has 3 fully saturated rings. The highest BCUT2D eigenvalue weighted by molar-refractivity contribution is 5.64. The second kappa shape index (κ2) is 7.20. The van der Waals surface area contributed by atoms with Crippen molar-refractivity contribution in [1.82, 2.24) is 19.5 Å². The highest BCUT2D eigenvalue weighted by Gasteiger charge is 2.47. The van der Waals surface area contributed by atoms with Gasteiger partial charge in [0.15, 0.2) is 5.65 Å². The fraction of sp³-hybridized carbons (Fsp3) is 0.500. The molecule has 0 radical (unpaired) electrons. The Morgan fingerprint density at radius 2 is 1.81 bits per heavy atom. The van der Waals surface area contributed by atoms with Crippen LogP contribution in [0.25, 0.3) is 16.9 Å². The zero-order valence-electron chi connectivity index (χ0n) is 17.8. The van der Waals surface area contributed by atoms with Gasteiger partial charge < -0.3 is 10.2 Å². The van der Waals surface area contributed by atoms with Gasteiger partial charge in [-0.1, -0.05) is 12.1 Å². The molecule has 0 amide bonds. The van der Waals surface area contributed by atoms with Gasteiger partial charge in [-0.3, -0.25) is 0 Å². The van der Waals surface area contributed by atoms with Gasteiger partial charge in [0, 0.05) is 17.6 Å². The Morgan fingerprint density at radius 1 is 1.03 bits per heavy atom. The summed E-state index contributed by atoms with van der Waals surface area (Å²) in [5, 5.41) is 8.20. The fourth-order valence-electron chi connectivity index (χ4n) is 5.51. The predicted octanol–water partition coefficient (Wildman–Crippen LogP) is 5.23. The molecule has 2 aromatic heterocycles. The lowest BCUT2D eigenvalue weighted by atomic mass is 9.60. The number of benzene rings is 1. The number of hydrogen-bond donors (Lipinski definition) is 1. The second-order valence-corrected chi connectivity index (χ2v) is 9.73. The Hall–Kier alpha value is -2.61. The molecular formula is C24H26F3N5. The molecule has 5 nitrogen and oxygen atoms in total. The standard InChI is InChI=1S/C24H26F3N5/c25-24(26,27)17-3-1-2-16(12-17)20-15-28-22-7-6-21(30-32(20)22)29-18-13-23(14-18)8-10-31(11-9-23)19-4-5-19/h1-3,6-7,12,15,18-19H,4-5,8-11,13-14H2,(H,29,30). The first kappa shape index (κ1) is 20.0. The third kappa shape index (κ3) is 3.64. The summed E-state index contributed by atoms with van der Waals surface area (Å²) >= 11 is 0. The van der Waals surface area contributed by atoms with Gasteiger partial charge in [0.05, 0.1) is 17.5 Å². The number of hydrogen-bond acceptors (Lipinski definition) is 4. The van der Waals surface area contributed by atoms with E-state index in [0.717, 1.165) is 36.8 Å². The average Bonchev–Trinajstić information content (AvgIpc) is 3.52. The fourth-order valence-corrected chi connectivity index (χ4v) is 5.51. The van der Waals surface area contributed by atoms with Crippen LogP contribution in [0.15, 0.2) is 42.6 Å². The molecule has 1 aliphatic heterocycles. The van der Waals surface area contributed by atoms with E-state index in [1.165, 1.54) is 44.8 Å². The number of alkyl halides is 3. The highest BCUT2D eigenvalue weighted by Crippen LogP contribution is 2.51. The summed E-state index contributed by atoms with van der Waals surface area (Å²) in [6.45, 7) is 2.47. The first-order chi connectivity index (χ1) is 15.4. The number of imidazole rings is 1. The summed E-state index contributed by atoms with van der Waals surface area (Å²) in [5.74, 6) is 0.735. The normalized spacial score (nSPS) is 21.7. The molecule has 1 spiro atoms. The number of nitrogens with zero attached hydrogens (tertiary/aromatic N) is 4. The van der Waals surface area contributed by atoms with Gasteiger partial charge in [-0.2, -0.15) is 13.2 Å². The molecule has 1 saturated heterocycles.